The molecule has 1 aromatic rings. The molecule has 0 aromatic heterocycles. The van der Waals surface area contributed by atoms with E-state index in [-0.39, 0.29) is 0 Å². The first-order chi connectivity index (χ1) is 9.84. The lowest BCUT2D eigenvalue weighted by atomic mass is 9.99. The average Bonchev–Trinajstić information content (AvgIpc) is 2.50. The van der Waals surface area contributed by atoms with Crippen LogP contribution in [0.3, 0.4) is 0 Å². The van der Waals surface area contributed by atoms with Crippen molar-refractivity contribution in [1.82, 2.24) is 5.43 Å². The lowest BCUT2D eigenvalue weighted by Crippen LogP contribution is -2.53. The van der Waals surface area contributed by atoms with Crippen LogP contribution in [-0.4, -0.2) is 62.0 Å². The van der Waals surface area contributed by atoms with Crippen molar-refractivity contribution < 1.29 is 30.3 Å². The highest BCUT2D eigenvalue weighted by atomic mass is 16.4. The molecule has 0 heterocycles. The number of aliphatic hydroxyl groups excluding tert-OH is 5. The summed E-state index contributed by atoms with van der Waals surface area (Å²) in [5, 5.41) is 47.2. The van der Waals surface area contributed by atoms with Crippen LogP contribution in [0.1, 0.15) is 6.92 Å². The Morgan fingerprint density at radius 3 is 2.05 bits per heavy atom. The molecule has 0 aliphatic rings. The van der Waals surface area contributed by atoms with Crippen molar-refractivity contribution in [3.8, 4) is 0 Å². The summed E-state index contributed by atoms with van der Waals surface area (Å²) in [6, 6.07) is 8.55. The van der Waals surface area contributed by atoms with Crippen LogP contribution in [0.4, 0.5) is 5.69 Å². The summed E-state index contributed by atoms with van der Waals surface area (Å²) in [7, 11) is 0. The number of anilines is 1. The van der Waals surface area contributed by atoms with E-state index in [2.05, 4.69) is 10.9 Å². The SMILES string of the molecule is C[C@H](O)[C@@H](O)[C@H](O)[C@H](O)[C@H](O)C(=O)NNc1ccccc1. The van der Waals surface area contributed by atoms with Gasteiger partial charge in [-0.3, -0.25) is 15.6 Å². The number of para-hydroxylation sites is 1. The molecule has 1 aromatic carbocycles. The van der Waals surface area contributed by atoms with Crippen LogP contribution in [0.5, 0.6) is 0 Å². The van der Waals surface area contributed by atoms with Gasteiger partial charge in [-0.2, -0.15) is 0 Å². The van der Waals surface area contributed by atoms with Crippen molar-refractivity contribution in [1.29, 1.82) is 0 Å². The molecule has 21 heavy (non-hydrogen) atoms. The fraction of sp³-hybridized carbons (Fsp3) is 0.462. The molecule has 7 N–H and O–H groups in total. The van der Waals surface area contributed by atoms with Gasteiger partial charge in [0.25, 0.3) is 5.91 Å². The Labute approximate surface area is 121 Å². The predicted octanol–water partition coefficient (Wildman–Crippen LogP) is -2.05. The van der Waals surface area contributed by atoms with Crippen molar-refractivity contribution in [2.75, 3.05) is 5.43 Å². The molecule has 0 spiro atoms. The van der Waals surface area contributed by atoms with Crippen LogP contribution in [-0.2, 0) is 4.79 Å². The molecule has 0 saturated heterocycles. The van der Waals surface area contributed by atoms with Gasteiger partial charge >= 0.3 is 0 Å². The Hall–Kier alpha value is -1.71. The number of hydrogen-bond donors (Lipinski definition) is 7. The molecule has 0 saturated carbocycles. The maximum absolute atomic E-state index is 11.6. The van der Waals surface area contributed by atoms with E-state index in [1.165, 1.54) is 6.92 Å². The summed E-state index contributed by atoms with van der Waals surface area (Å²) in [4.78, 5) is 11.6. The fourth-order valence-electron chi connectivity index (χ4n) is 1.56. The number of benzene rings is 1. The summed E-state index contributed by atoms with van der Waals surface area (Å²) < 4.78 is 0. The number of rotatable bonds is 7. The number of amides is 1. The van der Waals surface area contributed by atoms with Gasteiger partial charge in [-0.1, -0.05) is 18.2 Å². The molecule has 0 aliphatic carbocycles. The minimum Gasteiger partial charge on any atom is -0.391 e. The lowest BCUT2D eigenvalue weighted by Gasteiger charge is -2.27. The lowest BCUT2D eigenvalue weighted by molar-refractivity contribution is -0.153. The molecular weight excluding hydrogens is 280 g/mol. The van der Waals surface area contributed by atoms with E-state index >= 15 is 0 Å². The molecule has 8 nitrogen and oxygen atoms in total. The minimum absolute atomic E-state index is 0.553. The quantitative estimate of drug-likeness (QED) is 0.287. The van der Waals surface area contributed by atoms with E-state index in [0.717, 1.165) is 0 Å². The Bertz CT molecular complexity index is 442. The maximum atomic E-state index is 11.6. The summed E-state index contributed by atoms with van der Waals surface area (Å²) in [5.41, 5.74) is 5.21. The highest BCUT2D eigenvalue weighted by Gasteiger charge is 2.36. The van der Waals surface area contributed by atoms with E-state index in [1.807, 2.05) is 0 Å². The van der Waals surface area contributed by atoms with E-state index in [1.54, 1.807) is 30.3 Å². The minimum atomic E-state index is -1.98. The molecule has 0 unspecified atom stereocenters. The van der Waals surface area contributed by atoms with Crippen molar-refractivity contribution in [3.05, 3.63) is 30.3 Å². The third-order valence-electron chi connectivity index (χ3n) is 2.89. The van der Waals surface area contributed by atoms with Crippen LogP contribution < -0.4 is 10.9 Å². The van der Waals surface area contributed by atoms with Gasteiger partial charge in [0.15, 0.2) is 6.10 Å². The molecule has 0 bridgehead atoms. The molecule has 0 fully saturated rings. The number of aliphatic hydroxyl groups is 5. The zero-order chi connectivity index (χ0) is 16.0. The van der Waals surface area contributed by atoms with Crippen LogP contribution in [0.25, 0.3) is 0 Å². The van der Waals surface area contributed by atoms with Gasteiger partial charge in [-0.15, -0.1) is 0 Å². The number of carbonyl (C=O) groups excluding carboxylic acids is 1. The molecule has 8 heteroatoms. The Morgan fingerprint density at radius 2 is 1.52 bits per heavy atom. The smallest absolute Gasteiger partial charge is 0.269 e. The molecule has 5 atom stereocenters. The van der Waals surface area contributed by atoms with E-state index in [9.17, 15) is 25.2 Å². The standard InChI is InChI=1S/C13H20N2O6/c1-7(16)9(17)10(18)11(19)12(20)13(21)15-14-8-5-3-2-4-6-8/h2-7,9-12,14,16-20H,1H3,(H,15,21)/t7-,9+,10-,11-,12-/m0/s1. The largest absolute Gasteiger partial charge is 0.391 e. The number of hydrazine groups is 1. The Morgan fingerprint density at radius 1 is 0.952 bits per heavy atom. The molecule has 0 radical (unpaired) electrons. The topological polar surface area (TPSA) is 142 Å². The second kappa shape index (κ2) is 7.91. The first-order valence-electron chi connectivity index (χ1n) is 6.36. The molecule has 118 valence electrons. The highest BCUT2D eigenvalue weighted by Crippen LogP contribution is 2.09. The zero-order valence-corrected chi connectivity index (χ0v) is 11.4. The van der Waals surface area contributed by atoms with Gasteiger partial charge in [0.05, 0.1) is 11.8 Å². The van der Waals surface area contributed by atoms with E-state index in [4.69, 9.17) is 5.11 Å². The molecule has 1 rings (SSSR count). The average molecular weight is 300 g/mol. The van der Waals surface area contributed by atoms with Crippen LogP contribution in [0.2, 0.25) is 0 Å². The van der Waals surface area contributed by atoms with Crippen molar-refractivity contribution in [2.45, 2.75) is 37.4 Å². The summed E-state index contributed by atoms with van der Waals surface area (Å²) in [6.07, 6.45) is -8.82. The zero-order valence-electron chi connectivity index (χ0n) is 11.4. The van der Waals surface area contributed by atoms with Gasteiger partial charge in [0, 0.05) is 0 Å². The van der Waals surface area contributed by atoms with Gasteiger partial charge < -0.3 is 25.5 Å². The third-order valence-corrected chi connectivity index (χ3v) is 2.89. The second-order valence-corrected chi connectivity index (χ2v) is 4.64. The van der Waals surface area contributed by atoms with Gasteiger partial charge in [-0.25, -0.2) is 0 Å². The first-order valence-corrected chi connectivity index (χ1v) is 6.36. The molecule has 0 aliphatic heterocycles. The van der Waals surface area contributed by atoms with Crippen molar-refractivity contribution >= 4 is 11.6 Å². The van der Waals surface area contributed by atoms with E-state index < -0.39 is 36.4 Å². The third kappa shape index (κ3) is 4.96. The summed E-state index contributed by atoms with van der Waals surface area (Å²) in [6.45, 7) is 1.20. The second-order valence-electron chi connectivity index (χ2n) is 4.64. The number of nitrogens with one attached hydrogen (secondary N) is 2. The number of carbonyl (C=O) groups is 1. The molecular formula is C13H20N2O6. The Kier molecular flexibility index (Phi) is 6.53. The maximum Gasteiger partial charge on any atom is 0.269 e. The fourth-order valence-corrected chi connectivity index (χ4v) is 1.56. The first kappa shape index (κ1) is 17.3. The monoisotopic (exact) mass is 300 g/mol. The Balaban J connectivity index is 2.53. The summed E-state index contributed by atoms with van der Waals surface area (Å²) >= 11 is 0. The van der Waals surface area contributed by atoms with Crippen molar-refractivity contribution in [3.63, 3.8) is 0 Å². The van der Waals surface area contributed by atoms with Gasteiger partial charge in [0.2, 0.25) is 0 Å². The molecule has 1 amide bonds. The predicted molar refractivity (Wildman–Crippen MR) is 73.9 cm³/mol. The number of hydrogen-bond acceptors (Lipinski definition) is 7. The van der Waals surface area contributed by atoms with Gasteiger partial charge in [0.1, 0.15) is 18.3 Å². The summed E-state index contributed by atoms with van der Waals surface area (Å²) in [5.74, 6) is -0.997. The normalized spacial score (nSPS) is 18.2. The van der Waals surface area contributed by atoms with Crippen LogP contribution in [0, 0.1) is 0 Å². The van der Waals surface area contributed by atoms with Crippen LogP contribution in [0.15, 0.2) is 30.3 Å². The van der Waals surface area contributed by atoms with Gasteiger partial charge in [-0.05, 0) is 19.1 Å². The van der Waals surface area contributed by atoms with Crippen molar-refractivity contribution in [2.24, 2.45) is 0 Å². The highest BCUT2D eigenvalue weighted by molar-refractivity contribution is 5.82. The van der Waals surface area contributed by atoms with Crippen LogP contribution >= 0.6 is 0 Å². The van der Waals surface area contributed by atoms with E-state index in [0.29, 0.717) is 5.69 Å².